The molecule has 0 fully saturated rings. The number of fused-ring (bicyclic) bond motifs is 1. The zero-order valence-corrected chi connectivity index (χ0v) is 10.7. The Morgan fingerprint density at radius 1 is 1.32 bits per heavy atom. The van der Waals surface area contributed by atoms with Crippen LogP contribution in [0.15, 0.2) is 24.4 Å². The molecule has 2 N–H and O–H groups in total. The van der Waals surface area contributed by atoms with Crippen LogP contribution in [0.4, 0.5) is 10.2 Å². The fourth-order valence-electron chi connectivity index (χ4n) is 1.85. The first-order chi connectivity index (χ1) is 9.06. The topological polar surface area (TPSA) is 69.6 Å². The molecule has 7 heteroatoms. The molecule has 5 nitrogen and oxygen atoms in total. The zero-order chi connectivity index (χ0) is 13.6. The maximum atomic E-state index is 13.5. The number of hydrogen-bond acceptors (Lipinski definition) is 4. The van der Waals surface area contributed by atoms with Gasteiger partial charge in [-0.15, -0.1) is 0 Å². The van der Waals surface area contributed by atoms with Crippen LogP contribution in [0.1, 0.15) is 5.82 Å². The molecule has 96 valence electrons. The van der Waals surface area contributed by atoms with E-state index >= 15 is 0 Å². The first kappa shape index (κ1) is 11.9. The number of anilines is 1. The second-order valence-electron chi connectivity index (χ2n) is 4.05. The number of rotatable bonds is 1. The number of benzene rings is 1. The number of nitrogen functional groups attached to an aromatic ring is 1. The smallest absolute Gasteiger partial charge is 0.168 e. The van der Waals surface area contributed by atoms with Crippen molar-refractivity contribution in [2.75, 3.05) is 5.73 Å². The highest BCUT2D eigenvalue weighted by Crippen LogP contribution is 2.23. The van der Waals surface area contributed by atoms with Gasteiger partial charge in [0.25, 0.3) is 0 Å². The van der Waals surface area contributed by atoms with Crippen LogP contribution in [-0.2, 0) is 0 Å². The molecule has 1 aromatic carbocycles. The third-order valence-electron chi connectivity index (χ3n) is 2.72. The van der Waals surface area contributed by atoms with Gasteiger partial charge >= 0.3 is 0 Å². The molecule has 0 spiro atoms. The number of aromatic nitrogens is 4. The normalized spacial score (nSPS) is 11.1. The maximum absolute atomic E-state index is 13.5. The Labute approximate surface area is 112 Å². The third-order valence-corrected chi connectivity index (χ3v) is 3.02. The highest BCUT2D eigenvalue weighted by molar-refractivity contribution is 6.30. The van der Waals surface area contributed by atoms with E-state index in [0.29, 0.717) is 28.4 Å². The van der Waals surface area contributed by atoms with Crippen molar-refractivity contribution in [3.8, 4) is 5.69 Å². The number of nitrogens with zero attached hydrogens (tertiary/aromatic N) is 4. The van der Waals surface area contributed by atoms with Crippen molar-refractivity contribution >= 4 is 28.5 Å². The van der Waals surface area contributed by atoms with Gasteiger partial charge < -0.3 is 5.73 Å². The van der Waals surface area contributed by atoms with Crippen LogP contribution in [0.2, 0.25) is 5.02 Å². The summed E-state index contributed by atoms with van der Waals surface area (Å²) in [5.41, 5.74) is 6.86. The van der Waals surface area contributed by atoms with E-state index in [-0.39, 0.29) is 5.02 Å². The van der Waals surface area contributed by atoms with Crippen LogP contribution in [-0.4, -0.2) is 19.7 Å². The summed E-state index contributed by atoms with van der Waals surface area (Å²) in [6, 6.07) is 4.42. The van der Waals surface area contributed by atoms with Gasteiger partial charge in [-0.1, -0.05) is 11.6 Å². The number of halogens is 2. The van der Waals surface area contributed by atoms with E-state index in [1.165, 1.54) is 16.8 Å². The molecular formula is C12H9ClFN5. The van der Waals surface area contributed by atoms with Gasteiger partial charge in [0.2, 0.25) is 0 Å². The summed E-state index contributed by atoms with van der Waals surface area (Å²) < 4.78 is 15.0. The highest BCUT2D eigenvalue weighted by Gasteiger charge is 2.12. The van der Waals surface area contributed by atoms with Gasteiger partial charge in [0.15, 0.2) is 5.65 Å². The molecule has 0 unspecified atom stereocenters. The largest absolute Gasteiger partial charge is 0.383 e. The quantitative estimate of drug-likeness (QED) is 0.742. The predicted octanol–water partition coefficient (Wildman–Crippen LogP) is 2.50. The van der Waals surface area contributed by atoms with Crippen molar-refractivity contribution in [1.29, 1.82) is 0 Å². The monoisotopic (exact) mass is 277 g/mol. The van der Waals surface area contributed by atoms with Crippen LogP contribution in [0, 0.1) is 12.7 Å². The van der Waals surface area contributed by atoms with E-state index in [4.69, 9.17) is 17.3 Å². The Kier molecular flexibility index (Phi) is 2.60. The maximum Gasteiger partial charge on any atom is 0.168 e. The first-order valence-corrected chi connectivity index (χ1v) is 5.87. The summed E-state index contributed by atoms with van der Waals surface area (Å²) in [6.07, 6.45) is 1.55. The van der Waals surface area contributed by atoms with Crippen molar-refractivity contribution in [3.05, 3.63) is 41.1 Å². The van der Waals surface area contributed by atoms with Gasteiger partial charge in [-0.05, 0) is 19.1 Å². The predicted molar refractivity (Wildman–Crippen MR) is 70.8 cm³/mol. The Morgan fingerprint density at radius 2 is 2.11 bits per heavy atom. The van der Waals surface area contributed by atoms with Crippen molar-refractivity contribution in [1.82, 2.24) is 19.7 Å². The minimum Gasteiger partial charge on any atom is -0.383 e. The minimum absolute atomic E-state index is 0.0607. The molecule has 0 amide bonds. The molecule has 0 radical (unpaired) electrons. The molecular weight excluding hydrogens is 269 g/mol. The summed E-state index contributed by atoms with van der Waals surface area (Å²) in [6.45, 7) is 1.73. The van der Waals surface area contributed by atoms with Gasteiger partial charge in [-0.25, -0.2) is 19.0 Å². The van der Waals surface area contributed by atoms with E-state index in [0.717, 1.165) is 0 Å². The van der Waals surface area contributed by atoms with E-state index in [1.54, 1.807) is 19.2 Å². The number of aryl methyl sites for hydroxylation is 1. The number of hydrogen-bond donors (Lipinski definition) is 1. The minimum atomic E-state index is -0.512. The van der Waals surface area contributed by atoms with Gasteiger partial charge in [0, 0.05) is 6.07 Å². The Hall–Kier alpha value is -2.21. The lowest BCUT2D eigenvalue weighted by Crippen LogP contribution is -2.01. The highest BCUT2D eigenvalue weighted by atomic mass is 35.5. The lowest BCUT2D eigenvalue weighted by atomic mass is 10.3. The van der Waals surface area contributed by atoms with E-state index in [2.05, 4.69) is 15.1 Å². The van der Waals surface area contributed by atoms with E-state index in [1.807, 2.05) is 0 Å². The molecule has 0 aliphatic heterocycles. The average Bonchev–Trinajstić information content (AvgIpc) is 2.76. The van der Waals surface area contributed by atoms with Gasteiger partial charge in [-0.3, -0.25) is 0 Å². The molecule has 0 atom stereocenters. The standard InChI is InChI=1S/C12H9ClFN5/c1-6-17-11(15)8-5-16-19(12(8)18-6)7-2-3-9(13)10(14)4-7/h2-5H,1H3,(H2,15,17,18). The third kappa shape index (κ3) is 1.90. The van der Waals surface area contributed by atoms with Crippen LogP contribution < -0.4 is 5.73 Å². The van der Waals surface area contributed by atoms with Gasteiger partial charge in [0.1, 0.15) is 17.5 Å². The van der Waals surface area contributed by atoms with Crippen molar-refractivity contribution in [3.63, 3.8) is 0 Å². The molecule has 0 aliphatic carbocycles. The fourth-order valence-corrected chi connectivity index (χ4v) is 1.97. The van der Waals surface area contributed by atoms with Crippen LogP contribution in [0.25, 0.3) is 16.7 Å². The van der Waals surface area contributed by atoms with Crippen LogP contribution >= 0.6 is 11.6 Å². The molecule has 2 aromatic heterocycles. The summed E-state index contributed by atoms with van der Waals surface area (Å²) in [7, 11) is 0. The van der Waals surface area contributed by atoms with Crippen LogP contribution in [0.3, 0.4) is 0 Å². The fraction of sp³-hybridized carbons (Fsp3) is 0.0833. The molecule has 3 rings (SSSR count). The average molecular weight is 278 g/mol. The molecule has 0 bridgehead atoms. The van der Waals surface area contributed by atoms with Crippen molar-refractivity contribution in [2.45, 2.75) is 6.92 Å². The Bertz CT molecular complexity index is 783. The van der Waals surface area contributed by atoms with E-state index in [9.17, 15) is 4.39 Å². The van der Waals surface area contributed by atoms with Crippen molar-refractivity contribution in [2.24, 2.45) is 0 Å². The Balaban J connectivity index is 2.28. The zero-order valence-electron chi connectivity index (χ0n) is 9.93. The van der Waals surface area contributed by atoms with E-state index < -0.39 is 5.82 Å². The first-order valence-electron chi connectivity index (χ1n) is 5.49. The lowest BCUT2D eigenvalue weighted by molar-refractivity contribution is 0.626. The van der Waals surface area contributed by atoms with Crippen molar-refractivity contribution < 1.29 is 4.39 Å². The SMILES string of the molecule is Cc1nc(N)c2cnn(-c3ccc(Cl)c(F)c3)c2n1. The Morgan fingerprint density at radius 3 is 2.84 bits per heavy atom. The molecule has 0 saturated heterocycles. The summed E-state index contributed by atoms with van der Waals surface area (Å²) in [4.78, 5) is 8.34. The van der Waals surface area contributed by atoms with Gasteiger partial charge in [-0.2, -0.15) is 5.10 Å². The van der Waals surface area contributed by atoms with Gasteiger partial charge in [0.05, 0.1) is 22.3 Å². The summed E-state index contributed by atoms with van der Waals surface area (Å²) in [5, 5.41) is 4.85. The molecule has 0 aliphatic rings. The molecule has 3 aromatic rings. The second-order valence-corrected chi connectivity index (χ2v) is 4.46. The molecule has 0 saturated carbocycles. The lowest BCUT2D eigenvalue weighted by Gasteiger charge is -2.04. The van der Waals surface area contributed by atoms with Crippen LogP contribution in [0.5, 0.6) is 0 Å². The molecule has 19 heavy (non-hydrogen) atoms. The summed E-state index contributed by atoms with van der Waals surface area (Å²) in [5.74, 6) is 0.367. The second kappa shape index (κ2) is 4.17. The molecule has 2 heterocycles. The number of nitrogens with two attached hydrogens (primary N) is 1. The summed E-state index contributed by atoms with van der Waals surface area (Å²) >= 11 is 5.66.